The van der Waals surface area contributed by atoms with Crippen molar-refractivity contribution >= 4 is 5.84 Å². The van der Waals surface area contributed by atoms with Gasteiger partial charge >= 0.3 is 0 Å². The van der Waals surface area contributed by atoms with Crippen LogP contribution in [0.15, 0.2) is 65.8 Å². The third-order valence-corrected chi connectivity index (χ3v) is 2.90. The third kappa shape index (κ3) is 2.51. The summed E-state index contributed by atoms with van der Waals surface area (Å²) in [6.45, 7) is 0. The van der Waals surface area contributed by atoms with Crippen molar-refractivity contribution in [3.05, 3.63) is 71.8 Å². The van der Waals surface area contributed by atoms with Gasteiger partial charge < -0.3 is 10.5 Å². The molecule has 3 nitrogen and oxygen atoms in total. The molecule has 0 heterocycles. The van der Waals surface area contributed by atoms with Crippen LogP contribution in [0.5, 0.6) is 0 Å². The van der Waals surface area contributed by atoms with E-state index in [9.17, 15) is 0 Å². The summed E-state index contributed by atoms with van der Waals surface area (Å²) in [5.74, 6) is 0.454. The van der Waals surface area contributed by atoms with Gasteiger partial charge in [0.25, 0.3) is 0 Å². The van der Waals surface area contributed by atoms with E-state index in [2.05, 4.69) is 10.5 Å². The summed E-state index contributed by atoms with van der Waals surface area (Å²) in [7, 11) is 1.76. The van der Waals surface area contributed by atoms with Crippen LogP contribution in [0.3, 0.4) is 0 Å². The Morgan fingerprint density at radius 2 is 1.39 bits per heavy atom. The summed E-state index contributed by atoms with van der Waals surface area (Å²) in [6.07, 6.45) is 0. The van der Waals surface area contributed by atoms with Crippen molar-refractivity contribution in [2.45, 2.75) is 5.92 Å². The summed E-state index contributed by atoms with van der Waals surface area (Å²) in [4.78, 5) is 0. The molecule has 2 N–H and O–H groups in total. The first-order valence-electron chi connectivity index (χ1n) is 5.86. The number of oxime groups is 1. The summed E-state index contributed by atoms with van der Waals surface area (Å²) < 4.78 is 0. The van der Waals surface area contributed by atoms with Crippen molar-refractivity contribution < 1.29 is 5.21 Å². The lowest BCUT2D eigenvalue weighted by atomic mass is 9.90. The molecule has 0 atom stereocenters. The molecule has 2 aromatic carbocycles. The molecule has 3 heteroatoms. The number of amidine groups is 1. The molecule has 2 aromatic rings. The van der Waals surface area contributed by atoms with Gasteiger partial charge in [0, 0.05) is 7.05 Å². The Bertz CT molecular complexity index is 469. The number of hydrogen-bond acceptors (Lipinski definition) is 2. The standard InChI is InChI=1S/C15H16N2O/c1-16-15(17-18)14(12-8-4-2-5-9-12)13-10-6-3-7-11-13/h2-11,14,18H,1H3,(H,16,17). The van der Waals surface area contributed by atoms with Gasteiger partial charge in [0.1, 0.15) is 0 Å². The van der Waals surface area contributed by atoms with Crippen LogP contribution in [-0.4, -0.2) is 18.1 Å². The molecule has 0 saturated heterocycles. The molecule has 0 aliphatic carbocycles. The summed E-state index contributed by atoms with van der Waals surface area (Å²) in [6, 6.07) is 20.0. The SMILES string of the molecule is CNC(=NO)C(c1ccccc1)c1ccccc1. The van der Waals surface area contributed by atoms with Gasteiger partial charge in [0.2, 0.25) is 0 Å². The van der Waals surface area contributed by atoms with Gasteiger partial charge in [-0.2, -0.15) is 0 Å². The minimum Gasteiger partial charge on any atom is -0.409 e. The molecule has 0 spiro atoms. The Hall–Kier alpha value is -2.29. The first-order valence-corrected chi connectivity index (χ1v) is 5.86. The maximum absolute atomic E-state index is 9.14. The highest BCUT2D eigenvalue weighted by molar-refractivity contribution is 5.91. The molecule has 2 rings (SSSR count). The number of likely N-dealkylation sites (N-methyl/N-ethyl adjacent to an activating group) is 1. The second kappa shape index (κ2) is 5.87. The fourth-order valence-corrected chi connectivity index (χ4v) is 2.05. The van der Waals surface area contributed by atoms with E-state index in [1.165, 1.54) is 0 Å². The van der Waals surface area contributed by atoms with Crippen LogP contribution in [-0.2, 0) is 0 Å². The average Bonchev–Trinajstić information content (AvgIpc) is 2.46. The highest BCUT2D eigenvalue weighted by Crippen LogP contribution is 2.25. The molecule has 0 aromatic heterocycles. The molecular weight excluding hydrogens is 224 g/mol. The minimum atomic E-state index is -0.0811. The summed E-state index contributed by atoms with van der Waals surface area (Å²) in [5, 5.41) is 15.5. The van der Waals surface area contributed by atoms with Crippen molar-refractivity contribution in [3.8, 4) is 0 Å². The number of nitrogens with zero attached hydrogens (tertiary/aromatic N) is 1. The van der Waals surface area contributed by atoms with E-state index in [0.717, 1.165) is 11.1 Å². The van der Waals surface area contributed by atoms with E-state index in [1.807, 2.05) is 60.7 Å². The summed E-state index contributed by atoms with van der Waals surface area (Å²) in [5.41, 5.74) is 2.18. The predicted octanol–water partition coefficient (Wildman–Crippen LogP) is 2.83. The number of hydrogen-bond donors (Lipinski definition) is 2. The number of benzene rings is 2. The van der Waals surface area contributed by atoms with E-state index in [-0.39, 0.29) is 5.92 Å². The van der Waals surface area contributed by atoms with E-state index in [0.29, 0.717) is 5.84 Å². The second-order valence-corrected chi connectivity index (χ2v) is 3.99. The van der Waals surface area contributed by atoms with Crippen molar-refractivity contribution in [2.75, 3.05) is 7.05 Å². The fourth-order valence-electron chi connectivity index (χ4n) is 2.05. The predicted molar refractivity (Wildman–Crippen MR) is 73.0 cm³/mol. The zero-order valence-electron chi connectivity index (χ0n) is 10.2. The molecule has 0 bridgehead atoms. The van der Waals surface area contributed by atoms with Gasteiger partial charge in [0.05, 0.1) is 5.92 Å². The molecule has 0 fully saturated rings. The molecular formula is C15H16N2O. The van der Waals surface area contributed by atoms with Crippen molar-refractivity contribution in [1.82, 2.24) is 5.32 Å². The zero-order valence-corrected chi connectivity index (χ0v) is 10.2. The third-order valence-electron chi connectivity index (χ3n) is 2.90. The van der Waals surface area contributed by atoms with E-state index >= 15 is 0 Å². The van der Waals surface area contributed by atoms with Crippen molar-refractivity contribution in [1.29, 1.82) is 0 Å². The maximum Gasteiger partial charge on any atom is 0.153 e. The van der Waals surface area contributed by atoms with Crippen LogP contribution in [0, 0.1) is 0 Å². The van der Waals surface area contributed by atoms with E-state index < -0.39 is 0 Å². The largest absolute Gasteiger partial charge is 0.409 e. The number of nitrogens with one attached hydrogen (secondary N) is 1. The Morgan fingerprint density at radius 1 is 0.944 bits per heavy atom. The van der Waals surface area contributed by atoms with E-state index in [4.69, 9.17) is 5.21 Å². The first kappa shape index (κ1) is 12.2. The van der Waals surface area contributed by atoms with Crippen LogP contribution in [0.2, 0.25) is 0 Å². The van der Waals surface area contributed by atoms with Gasteiger partial charge in [0.15, 0.2) is 5.84 Å². The van der Waals surface area contributed by atoms with E-state index in [1.54, 1.807) is 7.05 Å². The van der Waals surface area contributed by atoms with Gasteiger partial charge in [-0.15, -0.1) is 0 Å². The topological polar surface area (TPSA) is 44.6 Å². The highest BCUT2D eigenvalue weighted by atomic mass is 16.4. The average molecular weight is 240 g/mol. The van der Waals surface area contributed by atoms with Crippen molar-refractivity contribution in [2.24, 2.45) is 5.16 Å². The van der Waals surface area contributed by atoms with Crippen LogP contribution in [0.25, 0.3) is 0 Å². The highest BCUT2D eigenvalue weighted by Gasteiger charge is 2.19. The van der Waals surface area contributed by atoms with Gasteiger partial charge in [-0.05, 0) is 11.1 Å². The van der Waals surface area contributed by atoms with Gasteiger partial charge in [-0.1, -0.05) is 65.8 Å². The van der Waals surface area contributed by atoms with Crippen LogP contribution >= 0.6 is 0 Å². The quantitative estimate of drug-likeness (QED) is 0.375. The van der Waals surface area contributed by atoms with Crippen LogP contribution in [0.1, 0.15) is 17.0 Å². The second-order valence-electron chi connectivity index (χ2n) is 3.99. The number of rotatable bonds is 3. The molecule has 0 radical (unpaired) electrons. The van der Waals surface area contributed by atoms with Gasteiger partial charge in [-0.25, -0.2) is 0 Å². The Kier molecular flexibility index (Phi) is 3.97. The summed E-state index contributed by atoms with van der Waals surface area (Å²) >= 11 is 0. The van der Waals surface area contributed by atoms with Crippen LogP contribution in [0.4, 0.5) is 0 Å². The molecule has 0 amide bonds. The monoisotopic (exact) mass is 240 g/mol. The Labute approximate surface area is 107 Å². The minimum absolute atomic E-state index is 0.0811. The smallest absolute Gasteiger partial charge is 0.153 e. The Morgan fingerprint density at radius 3 is 1.72 bits per heavy atom. The Balaban J connectivity index is 2.48. The van der Waals surface area contributed by atoms with Crippen LogP contribution < -0.4 is 5.32 Å². The lowest BCUT2D eigenvalue weighted by Crippen LogP contribution is -2.27. The lowest BCUT2D eigenvalue weighted by molar-refractivity contribution is 0.315. The molecule has 92 valence electrons. The normalized spacial score (nSPS) is 11.6. The lowest BCUT2D eigenvalue weighted by Gasteiger charge is -2.18. The fraction of sp³-hybridized carbons (Fsp3) is 0.133. The molecule has 18 heavy (non-hydrogen) atoms. The first-order chi connectivity index (χ1) is 8.86. The zero-order chi connectivity index (χ0) is 12.8. The van der Waals surface area contributed by atoms with Crippen molar-refractivity contribution in [3.63, 3.8) is 0 Å². The molecule has 0 aliphatic heterocycles. The molecule has 0 saturated carbocycles. The molecule has 0 aliphatic rings. The van der Waals surface area contributed by atoms with Gasteiger partial charge in [-0.3, -0.25) is 0 Å². The maximum atomic E-state index is 9.14. The molecule has 0 unspecified atom stereocenters.